The van der Waals surface area contributed by atoms with Crippen molar-refractivity contribution in [1.29, 1.82) is 0 Å². The van der Waals surface area contributed by atoms with Gasteiger partial charge in [0.25, 0.3) is 0 Å². The number of ketones is 1. The Bertz CT molecular complexity index is 734. The second kappa shape index (κ2) is 7.35. The number of phenols is 1. The quantitative estimate of drug-likeness (QED) is 0.654. The molecule has 0 aliphatic carbocycles. The molecule has 0 atom stereocenters. The number of hydrogen-bond donors (Lipinski definition) is 1. The Balaban J connectivity index is 2.28. The maximum absolute atomic E-state index is 12.4. The SMILES string of the molecule is COc1ccc(OC)c(C(=O)/C=C/c2ccc(O)c(OC)c2)c1. The van der Waals surface area contributed by atoms with Crippen molar-refractivity contribution in [3.63, 3.8) is 0 Å². The number of aromatic hydroxyl groups is 1. The van der Waals surface area contributed by atoms with E-state index in [1.165, 1.54) is 33.5 Å². The van der Waals surface area contributed by atoms with E-state index in [4.69, 9.17) is 14.2 Å². The second-order valence-corrected chi connectivity index (χ2v) is 4.70. The first-order valence-corrected chi connectivity index (χ1v) is 6.90. The molecule has 0 saturated carbocycles. The number of allylic oxidation sites excluding steroid dienone is 1. The predicted octanol–water partition coefficient (Wildman–Crippen LogP) is 3.31. The maximum Gasteiger partial charge on any atom is 0.189 e. The summed E-state index contributed by atoms with van der Waals surface area (Å²) in [7, 11) is 4.51. The van der Waals surface area contributed by atoms with Gasteiger partial charge in [-0.15, -0.1) is 0 Å². The highest BCUT2D eigenvalue weighted by molar-refractivity contribution is 6.08. The Morgan fingerprint density at radius 3 is 2.35 bits per heavy atom. The van der Waals surface area contributed by atoms with Gasteiger partial charge in [-0.2, -0.15) is 0 Å². The second-order valence-electron chi connectivity index (χ2n) is 4.70. The Morgan fingerprint density at radius 2 is 1.70 bits per heavy atom. The molecule has 2 aromatic carbocycles. The lowest BCUT2D eigenvalue weighted by Crippen LogP contribution is -1.99. The summed E-state index contributed by atoms with van der Waals surface area (Å²) < 4.78 is 15.4. The Kier molecular flexibility index (Phi) is 5.25. The summed E-state index contributed by atoms with van der Waals surface area (Å²) in [6, 6.07) is 9.87. The van der Waals surface area contributed by atoms with Gasteiger partial charge in [-0.3, -0.25) is 4.79 Å². The van der Waals surface area contributed by atoms with Crippen molar-refractivity contribution in [2.45, 2.75) is 0 Å². The molecule has 5 heteroatoms. The van der Waals surface area contributed by atoms with Crippen molar-refractivity contribution in [3.05, 3.63) is 53.6 Å². The third-order valence-electron chi connectivity index (χ3n) is 3.30. The van der Waals surface area contributed by atoms with Gasteiger partial charge in [-0.1, -0.05) is 12.1 Å². The lowest BCUT2D eigenvalue weighted by Gasteiger charge is -2.08. The van der Waals surface area contributed by atoms with Crippen LogP contribution < -0.4 is 14.2 Å². The zero-order chi connectivity index (χ0) is 16.8. The standard InChI is InChI=1S/C18H18O5/c1-21-13-6-9-17(22-2)14(11-13)15(19)7-4-12-5-8-16(20)18(10-12)23-3/h4-11,20H,1-3H3/b7-4+. The van der Waals surface area contributed by atoms with Crippen LogP contribution in [-0.4, -0.2) is 32.2 Å². The van der Waals surface area contributed by atoms with Crippen LogP contribution >= 0.6 is 0 Å². The van der Waals surface area contributed by atoms with Gasteiger partial charge >= 0.3 is 0 Å². The molecular formula is C18H18O5. The lowest BCUT2D eigenvalue weighted by atomic mass is 10.1. The number of hydrogen-bond acceptors (Lipinski definition) is 5. The van der Waals surface area contributed by atoms with Crippen molar-refractivity contribution < 1.29 is 24.1 Å². The molecule has 120 valence electrons. The molecular weight excluding hydrogens is 296 g/mol. The van der Waals surface area contributed by atoms with E-state index in [0.29, 0.717) is 22.8 Å². The highest BCUT2D eigenvalue weighted by atomic mass is 16.5. The molecule has 1 N–H and O–H groups in total. The number of methoxy groups -OCH3 is 3. The van der Waals surface area contributed by atoms with Gasteiger partial charge in [0.05, 0.1) is 26.9 Å². The molecule has 0 amide bonds. The topological polar surface area (TPSA) is 65.0 Å². The minimum Gasteiger partial charge on any atom is -0.504 e. The summed E-state index contributed by atoms with van der Waals surface area (Å²) in [4.78, 5) is 12.4. The van der Waals surface area contributed by atoms with Crippen LogP contribution in [0.15, 0.2) is 42.5 Å². The van der Waals surface area contributed by atoms with E-state index in [2.05, 4.69) is 0 Å². The smallest absolute Gasteiger partial charge is 0.189 e. The summed E-state index contributed by atoms with van der Waals surface area (Å²) in [6.45, 7) is 0. The highest BCUT2D eigenvalue weighted by Crippen LogP contribution is 2.28. The average molecular weight is 314 g/mol. The molecule has 2 aromatic rings. The van der Waals surface area contributed by atoms with Crippen LogP contribution in [0, 0.1) is 0 Å². The highest BCUT2D eigenvalue weighted by Gasteiger charge is 2.11. The summed E-state index contributed by atoms with van der Waals surface area (Å²) >= 11 is 0. The largest absolute Gasteiger partial charge is 0.504 e. The van der Waals surface area contributed by atoms with Gasteiger partial charge in [0.2, 0.25) is 0 Å². The summed E-state index contributed by atoms with van der Waals surface area (Å²) in [5.74, 6) is 1.23. The molecule has 0 aliphatic rings. The van der Waals surface area contributed by atoms with E-state index in [-0.39, 0.29) is 11.5 Å². The van der Waals surface area contributed by atoms with Crippen LogP contribution in [0.2, 0.25) is 0 Å². The molecule has 2 rings (SSSR count). The number of rotatable bonds is 6. The lowest BCUT2D eigenvalue weighted by molar-refractivity contribution is 0.104. The molecule has 0 aromatic heterocycles. The molecule has 0 unspecified atom stereocenters. The Hall–Kier alpha value is -2.95. The van der Waals surface area contributed by atoms with Gasteiger partial charge < -0.3 is 19.3 Å². The zero-order valence-corrected chi connectivity index (χ0v) is 13.2. The fourth-order valence-electron chi connectivity index (χ4n) is 2.07. The normalized spacial score (nSPS) is 10.6. The van der Waals surface area contributed by atoms with E-state index in [9.17, 15) is 9.90 Å². The van der Waals surface area contributed by atoms with Gasteiger partial charge in [-0.05, 0) is 42.0 Å². The molecule has 23 heavy (non-hydrogen) atoms. The van der Waals surface area contributed by atoms with Crippen LogP contribution in [0.3, 0.4) is 0 Å². The van der Waals surface area contributed by atoms with Crippen molar-refractivity contribution in [2.24, 2.45) is 0 Å². The fourth-order valence-corrected chi connectivity index (χ4v) is 2.07. The first-order valence-electron chi connectivity index (χ1n) is 6.90. The zero-order valence-electron chi connectivity index (χ0n) is 13.2. The van der Waals surface area contributed by atoms with Crippen molar-refractivity contribution in [1.82, 2.24) is 0 Å². The van der Waals surface area contributed by atoms with Crippen LogP contribution in [-0.2, 0) is 0 Å². The fraction of sp³-hybridized carbons (Fsp3) is 0.167. The number of ether oxygens (including phenoxy) is 3. The molecule has 0 aliphatic heterocycles. The summed E-state index contributed by atoms with van der Waals surface area (Å²) in [5.41, 5.74) is 1.14. The van der Waals surface area contributed by atoms with Gasteiger partial charge in [0.15, 0.2) is 17.3 Å². The van der Waals surface area contributed by atoms with E-state index >= 15 is 0 Å². The van der Waals surface area contributed by atoms with Gasteiger partial charge in [-0.25, -0.2) is 0 Å². The van der Waals surface area contributed by atoms with Crippen LogP contribution in [0.1, 0.15) is 15.9 Å². The van der Waals surface area contributed by atoms with Crippen molar-refractivity contribution in [3.8, 4) is 23.0 Å². The number of carbonyl (C=O) groups excluding carboxylic acids is 1. The Morgan fingerprint density at radius 1 is 0.957 bits per heavy atom. The molecule has 0 heterocycles. The molecule has 5 nitrogen and oxygen atoms in total. The minimum atomic E-state index is -0.215. The van der Waals surface area contributed by atoms with E-state index < -0.39 is 0 Å². The van der Waals surface area contributed by atoms with Crippen molar-refractivity contribution >= 4 is 11.9 Å². The van der Waals surface area contributed by atoms with E-state index in [1.54, 1.807) is 36.4 Å². The number of phenolic OH excluding ortho intramolecular Hbond substituents is 1. The van der Waals surface area contributed by atoms with E-state index in [0.717, 1.165) is 5.56 Å². The van der Waals surface area contributed by atoms with E-state index in [1.807, 2.05) is 0 Å². The monoisotopic (exact) mass is 314 g/mol. The Labute approximate surface area is 134 Å². The van der Waals surface area contributed by atoms with Crippen LogP contribution in [0.5, 0.6) is 23.0 Å². The average Bonchev–Trinajstić information content (AvgIpc) is 2.60. The summed E-state index contributed by atoms with van der Waals surface area (Å²) in [6.07, 6.45) is 3.08. The molecule has 0 saturated heterocycles. The number of benzene rings is 2. The van der Waals surface area contributed by atoms with Crippen LogP contribution in [0.25, 0.3) is 6.08 Å². The van der Waals surface area contributed by atoms with Gasteiger partial charge in [0.1, 0.15) is 11.5 Å². The third kappa shape index (κ3) is 3.83. The number of carbonyl (C=O) groups is 1. The maximum atomic E-state index is 12.4. The molecule has 0 bridgehead atoms. The molecule has 0 fully saturated rings. The first kappa shape index (κ1) is 16.4. The predicted molar refractivity (Wildman–Crippen MR) is 87.6 cm³/mol. The van der Waals surface area contributed by atoms with Crippen molar-refractivity contribution in [2.75, 3.05) is 21.3 Å². The summed E-state index contributed by atoms with van der Waals surface area (Å²) in [5, 5.41) is 9.57. The molecule has 0 spiro atoms. The minimum absolute atomic E-state index is 0.0467. The third-order valence-corrected chi connectivity index (χ3v) is 3.30. The first-order chi connectivity index (χ1) is 11.1. The van der Waals surface area contributed by atoms with Gasteiger partial charge in [0, 0.05) is 0 Å². The van der Waals surface area contributed by atoms with Crippen LogP contribution in [0.4, 0.5) is 0 Å². The molecule has 0 radical (unpaired) electrons.